The van der Waals surface area contributed by atoms with E-state index in [-0.39, 0.29) is 11.9 Å². The van der Waals surface area contributed by atoms with Crippen molar-refractivity contribution < 1.29 is 23.5 Å². The van der Waals surface area contributed by atoms with Crippen LogP contribution in [-0.4, -0.2) is 61.6 Å². The van der Waals surface area contributed by atoms with Gasteiger partial charge in [0.1, 0.15) is 0 Å². The molecule has 5 nitrogen and oxygen atoms in total. The topological polar surface area (TPSA) is 61.8 Å². The molecule has 0 aromatic rings. The van der Waals surface area contributed by atoms with Gasteiger partial charge in [-0.2, -0.15) is 0 Å². The molecule has 2 rings (SSSR count). The summed E-state index contributed by atoms with van der Waals surface area (Å²) >= 11 is 0. The van der Waals surface area contributed by atoms with E-state index in [2.05, 4.69) is 5.67 Å². The number of rotatable bonds is 13. The van der Waals surface area contributed by atoms with Crippen molar-refractivity contribution in [2.24, 2.45) is 11.8 Å². The van der Waals surface area contributed by atoms with Gasteiger partial charge in [-0.05, 0) is 50.0 Å². The van der Waals surface area contributed by atoms with Crippen molar-refractivity contribution in [3.05, 3.63) is 0 Å². The molecule has 0 bridgehead atoms. The van der Waals surface area contributed by atoms with Gasteiger partial charge < -0.3 is 13.9 Å². The van der Waals surface area contributed by atoms with E-state index in [4.69, 9.17) is 13.9 Å². The first kappa shape index (κ1) is 27.2. The van der Waals surface area contributed by atoms with Gasteiger partial charge in [-0.25, -0.2) is 0 Å². The maximum atomic E-state index is 11.9. The van der Waals surface area contributed by atoms with E-state index in [9.17, 15) is 9.59 Å². The molecule has 0 saturated heterocycles. The fourth-order valence-electron chi connectivity index (χ4n) is 4.36. The third-order valence-electron chi connectivity index (χ3n) is 6.35. The van der Waals surface area contributed by atoms with Crippen LogP contribution in [0.5, 0.6) is 0 Å². The number of hydrogen-bond acceptors (Lipinski definition) is 5. The molecule has 0 atom stereocenters. The van der Waals surface area contributed by atoms with E-state index in [1.54, 1.807) is 0 Å². The minimum Gasteiger partial charge on any atom is -0.545 e. The lowest BCUT2D eigenvalue weighted by Crippen LogP contribution is -2.14. The summed E-state index contributed by atoms with van der Waals surface area (Å²) in [6.07, 6.45) is 16.9. The number of ether oxygens (including phenoxy) is 2. The van der Waals surface area contributed by atoms with Crippen molar-refractivity contribution in [3.63, 3.8) is 0 Å². The van der Waals surface area contributed by atoms with Crippen molar-refractivity contribution in [2.75, 3.05) is 19.8 Å². The minimum absolute atomic E-state index is 0.0581. The van der Waals surface area contributed by atoms with Crippen molar-refractivity contribution in [1.29, 1.82) is 0 Å². The smallest absolute Gasteiger partial charge is 0.306 e. The van der Waals surface area contributed by atoms with Gasteiger partial charge in [0.2, 0.25) is 0 Å². The van der Waals surface area contributed by atoms with Gasteiger partial charge in [0, 0.05) is 22.0 Å². The minimum atomic E-state index is -0.0886. The zero-order valence-electron chi connectivity index (χ0n) is 19.8. The molecule has 2 saturated carbocycles. The maximum Gasteiger partial charge on any atom is 0.306 e. The zero-order chi connectivity index (χ0) is 22.7. The molecule has 7 heteroatoms. The van der Waals surface area contributed by atoms with E-state index in [0.29, 0.717) is 69.4 Å². The van der Waals surface area contributed by atoms with E-state index >= 15 is 0 Å². The Balaban J connectivity index is 1.40. The Hall–Kier alpha value is -1.09. The summed E-state index contributed by atoms with van der Waals surface area (Å²) in [6, 6.07) is 0.840. The summed E-state index contributed by atoms with van der Waals surface area (Å²) < 4.78 is 16.5. The van der Waals surface area contributed by atoms with Gasteiger partial charge in [-0.15, -0.1) is 0 Å². The van der Waals surface area contributed by atoms with Crippen LogP contribution in [-0.2, 0) is 23.5 Å². The van der Waals surface area contributed by atoms with E-state index < -0.39 is 0 Å². The predicted octanol–water partition coefficient (Wildman–Crippen LogP) is 4.55. The monoisotopic (exact) mass is 478 g/mol. The third kappa shape index (κ3) is 14.1. The Labute approximate surface area is 199 Å². The highest BCUT2D eigenvalue weighted by Crippen LogP contribution is 2.24. The molecule has 2 aliphatic carbocycles. The molecule has 0 aromatic carbocycles. The van der Waals surface area contributed by atoms with E-state index in [1.807, 2.05) is 5.67 Å². The molecule has 0 N–H and O–H groups in total. The largest absolute Gasteiger partial charge is 0.545 e. The fraction of sp³-hybridized carbons (Fsp3) is 0.840. The lowest BCUT2D eigenvalue weighted by atomic mass is 10.0. The second-order valence-corrected chi connectivity index (χ2v) is 11.4. The highest BCUT2D eigenvalue weighted by atomic mass is 28.2. The quantitative estimate of drug-likeness (QED) is 0.168. The molecule has 0 unspecified atom stereocenters. The standard InChI is InChI=1S/C25H42O5Si2/c26-24(28-20-22-10-5-1-2-6-11-22)14-9-17-32-30-16-19-31-18-15-25(27)29-21-23-12-7-3-4-8-13-23/h17,19,22-23H,1-16,18,20-21H2. The number of carbonyl (C=O) groups excluding carboxylic acids is 2. The fourth-order valence-corrected chi connectivity index (χ4v) is 5.84. The van der Waals surface area contributed by atoms with E-state index in [0.717, 1.165) is 6.04 Å². The van der Waals surface area contributed by atoms with Gasteiger partial charge in [0.15, 0.2) is 0 Å². The Morgan fingerprint density at radius 1 is 0.719 bits per heavy atom. The van der Waals surface area contributed by atoms with Crippen LogP contribution in [0, 0.1) is 11.8 Å². The van der Waals surface area contributed by atoms with Crippen molar-refractivity contribution in [1.82, 2.24) is 0 Å². The molecule has 32 heavy (non-hydrogen) atoms. The first-order valence-electron chi connectivity index (χ1n) is 12.8. The van der Waals surface area contributed by atoms with Crippen LogP contribution in [0.4, 0.5) is 0 Å². The summed E-state index contributed by atoms with van der Waals surface area (Å²) in [5.74, 6) is 0.992. The summed E-state index contributed by atoms with van der Waals surface area (Å²) in [7, 11) is 0.904. The van der Waals surface area contributed by atoms with Crippen LogP contribution < -0.4 is 0 Å². The number of esters is 2. The molecule has 2 fully saturated rings. The molecule has 0 amide bonds. The first-order valence-corrected chi connectivity index (χ1v) is 15.1. The number of carbonyl (C=O) groups is 2. The third-order valence-corrected chi connectivity index (χ3v) is 8.14. The van der Waals surface area contributed by atoms with E-state index in [1.165, 1.54) is 77.0 Å². The molecule has 2 radical (unpaired) electrons. The molecular formula is C25H42O5Si2. The summed E-state index contributed by atoms with van der Waals surface area (Å²) in [6.45, 7) is 1.80. The molecule has 0 aromatic heterocycles. The SMILES string of the molecule is O=C(CCC=[Si]OCC=[Si]CCC(=O)OCC1CCCCCC1)OCC1CCCCCC1. The van der Waals surface area contributed by atoms with Crippen LogP contribution in [0.3, 0.4) is 0 Å². The van der Waals surface area contributed by atoms with Crippen LogP contribution >= 0.6 is 0 Å². The highest BCUT2D eigenvalue weighted by Gasteiger charge is 2.15. The molecular weight excluding hydrogens is 436 g/mol. The Kier molecular flexibility index (Phi) is 15.6. The summed E-state index contributed by atoms with van der Waals surface area (Å²) in [4.78, 5) is 23.7. The maximum absolute atomic E-state index is 11.9. The second-order valence-electron chi connectivity index (χ2n) is 9.16. The molecule has 0 spiro atoms. The Morgan fingerprint density at radius 2 is 1.25 bits per heavy atom. The number of hydrogen-bond donors (Lipinski definition) is 0. The van der Waals surface area contributed by atoms with Gasteiger partial charge in [-0.3, -0.25) is 9.59 Å². The highest BCUT2D eigenvalue weighted by molar-refractivity contribution is 6.48. The molecule has 2 aliphatic rings. The van der Waals surface area contributed by atoms with Gasteiger partial charge in [-0.1, -0.05) is 62.7 Å². The zero-order valence-corrected chi connectivity index (χ0v) is 21.8. The Morgan fingerprint density at radius 3 is 1.81 bits per heavy atom. The van der Waals surface area contributed by atoms with Gasteiger partial charge in [0.05, 0.1) is 19.8 Å². The van der Waals surface area contributed by atoms with Crippen molar-refractivity contribution in [3.8, 4) is 0 Å². The van der Waals surface area contributed by atoms with Crippen molar-refractivity contribution in [2.45, 2.75) is 102 Å². The normalized spacial score (nSPS) is 19.0. The Bertz CT molecular complexity index is 513. The average Bonchev–Trinajstić information content (AvgIpc) is 3.22. The lowest BCUT2D eigenvalue weighted by molar-refractivity contribution is -0.145. The van der Waals surface area contributed by atoms with Crippen LogP contribution in [0.2, 0.25) is 6.04 Å². The van der Waals surface area contributed by atoms with Gasteiger partial charge in [0.25, 0.3) is 9.38 Å². The lowest BCUT2D eigenvalue weighted by Gasteiger charge is -2.13. The first-order chi connectivity index (χ1) is 15.7. The molecule has 0 aliphatic heterocycles. The van der Waals surface area contributed by atoms with Crippen LogP contribution in [0.15, 0.2) is 0 Å². The summed E-state index contributed by atoms with van der Waals surface area (Å²) in [5.41, 5.74) is 4.12. The van der Waals surface area contributed by atoms with Crippen LogP contribution in [0.25, 0.3) is 0 Å². The molecule has 180 valence electrons. The second kappa shape index (κ2) is 18.4. The average molecular weight is 479 g/mol. The van der Waals surface area contributed by atoms with Crippen LogP contribution in [0.1, 0.15) is 96.3 Å². The van der Waals surface area contributed by atoms with Crippen molar-refractivity contribution >= 4 is 41.8 Å². The van der Waals surface area contributed by atoms with Gasteiger partial charge >= 0.3 is 11.9 Å². The molecule has 0 heterocycles. The predicted molar refractivity (Wildman–Crippen MR) is 133 cm³/mol. The summed E-state index contributed by atoms with van der Waals surface area (Å²) in [5, 5.41) is 0.